The van der Waals surface area contributed by atoms with E-state index in [4.69, 9.17) is 10.5 Å². The Hall–Kier alpha value is -0.380. The minimum Gasteiger partial charge on any atom is -0.383 e. The highest BCUT2D eigenvalue weighted by Crippen LogP contribution is 1.94. The van der Waals surface area contributed by atoms with Crippen molar-refractivity contribution in [3.8, 4) is 0 Å². The molecular formula is C8H18N2O. The average Bonchev–Trinajstić information content (AvgIpc) is 2.00. The van der Waals surface area contributed by atoms with Gasteiger partial charge < -0.3 is 10.5 Å². The van der Waals surface area contributed by atoms with Gasteiger partial charge in [-0.2, -0.15) is 0 Å². The van der Waals surface area contributed by atoms with Gasteiger partial charge in [0.2, 0.25) is 0 Å². The minimum atomic E-state index is 0.304. The summed E-state index contributed by atoms with van der Waals surface area (Å²) in [5.41, 5.74) is 5.53. The van der Waals surface area contributed by atoms with Gasteiger partial charge in [-0.05, 0) is 7.05 Å². The zero-order valence-electron chi connectivity index (χ0n) is 7.42. The van der Waals surface area contributed by atoms with Crippen molar-refractivity contribution < 1.29 is 4.74 Å². The molecule has 0 heterocycles. The van der Waals surface area contributed by atoms with Crippen LogP contribution in [0.2, 0.25) is 0 Å². The van der Waals surface area contributed by atoms with E-state index in [0.29, 0.717) is 19.2 Å². The second-order valence-electron chi connectivity index (χ2n) is 2.57. The van der Waals surface area contributed by atoms with Gasteiger partial charge in [0.15, 0.2) is 0 Å². The molecule has 0 aromatic rings. The standard InChI is InChI=1S/C8H18N2O/c1-4-5-10(2)8(6-9)7-11-3/h4,8H,1,5-7,9H2,2-3H3. The fourth-order valence-electron chi connectivity index (χ4n) is 0.920. The summed E-state index contributed by atoms with van der Waals surface area (Å²) in [6, 6.07) is 0.304. The van der Waals surface area contributed by atoms with E-state index in [2.05, 4.69) is 11.5 Å². The number of nitrogens with two attached hydrogens (primary N) is 1. The van der Waals surface area contributed by atoms with E-state index in [9.17, 15) is 0 Å². The second kappa shape index (κ2) is 6.34. The fourth-order valence-corrected chi connectivity index (χ4v) is 0.920. The smallest absolute Gasteiger partial charge is 0.0630 e. The molecule has 3 heteroatoms. The van der Waals surface area contributed by atoms with Gasteiger partial charge in [-0.15, -0.1) is 6.58 Å². The van der Waals surface area contributed by atoms with Gasteiger partial charge in [-0.3, -0.25) is 4.90 Å². The summed E-state index contributed by atoms with van der Waals surface area (Å²) in [6.45, 7) is 5.81. The highest BCUT2D eigenvalue weighted by molar-refractivity contribution is 4.77. The summed E-state index contributed by atoms with van der Waals surface area (Å²) in [4.78, 5) is 2.12. The molecule has 66 valence electrons. The van der Waals surface area contributed by atoms with Crippen LogP contribution in [0, 0.1) is 0 Å². The molecular weight excluding hydrogens is 140 g/mol. The third-order valence-electron chi connectivity index (χ3n) is 1.67. The maximum absolute atomic E-state index is 5.53. The van der Waals surface area contributed by atoms with Crippen LogP contribution in [0.25, 0.3) is 0 Å². The molecule has 0 aromatic carbocycles. The first kappa shape index (κ1) is 10.6. The van der Waals surface area contributed by atoms with E-state index in [0.717, 1.165) is 6.54 Å². The SMILES string of the molecule is C=CCN(C)C(CN)COC. The highest BCUT2D eigenvalue weighted by atomic mass is 16.5. The molecule has 0 aromatic heterocycles. The maximum atomic E-state index is 5.53. The Morgan fingerprint density at radius 1 is 1.73 bits per heavy atom. The Labute approximate surface area is 68.8 Å². The zero-order valence-corrected chi connectivity index (χ0v) is 7.42. The Balaban J connectivity index is 3.70. The topological polar surface area (TPSA) is 38.5 Å². The summed E-state index contributed by atoms with van der Waals surface area (Å²) in [5, 5.41) is 0. The van der Waals surface area contributed by atoms with E-state index in [1.807, 2.05) is 13.1 Å². The molecule has 0 rings (SSSR count). The van der Waals surface area contributed by atoms with Crippen molar-refractivity contribution in [2.45, 2.75) is 6.04 Å². The molecule has 0 aliphatic rings. The number of rotatable bonds is 6. The molecule has 0 radical (unpaired) electrons. The molecule has 0 aliphatic carbocycles. The third-order valence-corrected chi connectivity index (χ3v) is 1.67. The summed E-state index contributed by atoms with van der Waals surface area (Å²) < 4.78 is 5.01. The summed E-state index contributed by atoms with van der Waals surface area (Å²) >= 11 is 0. The van der Waals surface area contributed by atoms with Crippen LogP contribution in [0.4, 0.5) is 0 Å². The number of hydrogen-bond acceptors (Lipinski definition) is 3. The Morgan fingerprint density at radius 2 is 2.36 bits per heavy atom. The summed E-state index contributed by atoms with van der Waals surface area (Å²) in [7, 11) is 3.70. The molecule has 0 saturated carbocycles. The van der Waals surface area contributed by atoms with Crippen LogP contribution in [-0.4, -0.2) is 44.8 Å². The Bertz CT molecular complexity index is 106. The molecule has 0 aliphatic heterocycles. The second-order valence-corrected chi connectivity index (χ2v) is 2.57. The molecule has 0 saturated heterocycles. The van der Waals surface area contributed by atoms with Crippen LogP contribution in [0.3, 0.4) is 0 Å². The maximum Gasteiger partial charge on any atom is 0.0630 e. The number of ether oxygens (including phenoxy) is 1. The first-order valence-electron chi connectivity index (χ1n) is 3.76. The van der Waals surface area contributed by atoms with Gasteiger partial charge in [0.25, 0.3) is 0 Å². The molecule has 0 spiro atoms. The number of hydrogen-bond donors (Lipinski definition) is 1. The van der Waals surface area contributed by atoms with E-state index >= 15 is 0 Å². The zero-order chi connectivity index (χ0) is 8.69. The lowest BCUT2D eigenvalue weighted by atomic mass is 10.3. The van der Waals surface area contributed by atoms with Crippen LogP contribution in [-0.2, 0) is 4.74 Å². The van der Waals surface area contributed by atoms with E-state index < -0.39 is 0 Å². The van der Waals surface area contributed by atoms with Crippen LogP contribution >= 0.6 is 0 Å². The van der Waals surface area contributed by atoms with Gasteiger partial charge in [0.1, 0.15) is 0 Å². The van der Waals surface area contributed by atoms with Crippen molar-refractivity contribution in [2.24, 2.45) is 5.73 Å². The molecule has 2 N–H and O–H groups in total. The number of methoxy groups -OCH3 is 1. The highest BCUT2D eigenvalue weighted by Gasteiger charge is 2.09. The van der Waals surface area contributed by atoms with Crippen molar-refractivity contribution in [3.05, 3.63) is 12.7 Å². The van der Waals surface area contributed by atoms with Gasteiger partial charge in [0.05, 0.1) is 6.61 Å². The monoisotopic (exact) mass is 158 g/mol. The van der Waals surface area contributed by atoms with E-state index in [1.54, 1.807) is 7.11 Å². The lowest BCUT2D eigenvalue weighted by molar-refractivity contribution is 0.117. The lowest BCUT2D eigenvalue weighted by Crippen LogP contribution is -2.41. The first-order chi connectivity index (χ1) is 5.26. The largest absolute Gasteiger partial charge is 0.383 e. The van der Waals surface area contributed by atoms with Crippen molar-refractivity contribution in [1.82, 2.24) is 4.90 Å². The normalized spacial score (nSPS) is 13.5. The van der Waals surface area contributed by atoms with Crippen LogP contribution < -0.4 is 5.73 Å². The fraction of sp³-hybridized carbons (Fsp3) is 0.750. The molecule has 1 unspecified atom stereocenters. The summed E-state index contributed by atoms with van der Waals surface area (Å²) in [6.07, 6.45) is 1.86. The van der Waals surface area contributed by atoms with E-state index in [-0.39, 0.29) is 0 Å². The van der Waals surface area contributed by atoms with Crippen molar-refractivity contribution >= 4 is 0 Å². The molecule has 0 fully saturated rings. The van der Waals surface area contributed by atoms with E-state index in [1.165, 1.54) is 0 Å². The minimum absolute atomic E-state index is 0.304. The Kier molecular flexibility index (Phi) is 6.12. The molecule has 0 bridgehead atoms. The van der Waals surface area contributed by atoms with Gasteiger partial charge in [-0.1, -0.05) is 6.08 Å². The first-order valence-corrected chi connectivity index (χ1v) is 3.76. The van der Waals surface area contributed by atoms with Crippen LogP contribution in [0.5, 0.6) is 0 Å². The predicted molar refractivity (Wildman–Crippen MR) is 47.5 cm³/mol. The van der Waals surface area contributed by atoms with Crippen molar-refractivity contribution in [3.63, 3.8) is 0 Å². The van der Waals surface area contributed by atoms with Gasteiger partial charge >= 0.3 is 0 Å². The third kappa shape index (κ3) is 4.14. The lowest BCUT2D eigenvalue weighted by Gasteiger charge is -2.24. The Morgan fingerprint density at radius 3 is 2.73 bits per heavy atom. The molecule has 3 nitrogen and oxygen atoms in total. The quantitative estimate of drug-likeness (QED) is 0.556. The van der Waals surface area contributed by atoms with Gasteiger partial charge in [0, 0.05) is 26.2 Å². The van der Waals surface area contributed by atoms with Crippen molar-refractivity contribution in [2.75, 3.05) is 33.9 Å². The number of likely N-dealkylation sites (N-methyl/N-ethyl adjacent to an activating group) is 1. The molecule has 1 atom stereocenters. The van der Waals surface area contributed by atoms with Crippen molar-refractivity contribution in [1.29, 1.82) is 0 Å². The molecule has 0 amide bonds. The van der Waals surface area contributed by atoms with Crippen LogP contribution in [0.15, 0.2) is 12.7 Å². The predicted octanol–water partition coefficient (Wildman–Crippen LogP) is 0.0779. The molecule has 11 heavy (non-hydrogen) atoms. The van der Waals surface area contributed by atoms with Crippen LogP contribution in [0.1, 0.15) is 0 Å². The van der Waals surface area contributed by atoms with Gasteiger partial charge in [-0.25, -0.2) is 0 Å². The average molecular weight is 158 g/mol. The summed E-state index contributed by atoms with van der Waals surface area (Å²) in [5.74, 6) is 0. The number of nitrogens with zero attached hydrogens (tertiary/aromatic N) is 1.